The minimum atomic E-state index is 0.573. The average Bonchev–Trinajstić information content (AvgIpc) is 2.31. The van der Waals surface area contributed by atoms with Gasteiger partial charge < -0.3 is 10.1 Å². The quantitative estimate of drug-likeness (QED) is 0.841. The van der Waals surface area contributed by atoms with E-state index in [0.29, 0.717) is 12.0 Å². The Morgan fingerprint density at radius 3 is 2.56 bits per heavy atom. The molecule has 1 heterocycles. The highest BCUT2D eigenvalue weighted by atomic mass is 16.5. The third-order valence-corrected chi connectivity index (χ3v) is 3.16. The minimum absolute atomic E-state index is 0.573. The van der Waals surface area contributed by atoms with Crippen LogP contribution in [0.25, 0.3) is 0 Å². The maximum absolute atomic E-state index is 5.38. The van der Waals surface area contributed by atoms with Gasteiger partial charge in [0.15, 0.2) is 0 Å². The van der Waals surface area contributed by atoms with Crippen molar-refractivity contribution in [3.05, 3.63) is 29.8 Å². The number of para-hydroxylation sites is 1. The van der Waals surface area contributed by atoms with E-state index >= 15 is 0 Å². The molecule has 0 unspecified atom stereocenters. The van der Waals surface area contributed by atoms with Gasteiger partial charge in [-0.05, 0) is 30.4 Å². The molecular weight excluding hydrogens is 198 g/mol. The number of rotatable bonds is 3. The molecule has 1 aliphatic rings. The SMILES string of the molecule is CC(C)c1ccccc1NC1CCOCC1. The first kappa shape index (κ1) is 11.5. The summed E-state index contributed by atoms with van der Waals surface area (Å²) in [4.78, 5) is 0. The van der Waals surface area contributed by atoms with Gasteiger partial charge in [0, 0.05) is 24.9 Å². The molecule has 2 heteroatoms. The lowest BCUT2D eigenvalue weighted by atomic mass is 10.00. The van der Waals surface area contributed by atoms with Gasteiger partial charge in [-0.1, -0.05) is 32.0 Å². The van der Waals surface area contributed by atoms with Crippen molar-refractivity contribution < 1.29 is 4.74 Å². The first-order valence-corrected chi connectivity index (χ1v) is 6.20. The highest BCUT2D eigenvalue weighted by molar-refractivity contribution is 5.53. The predicted molar refractivity (Wildman–Crippen MR) is 68.0 cm³/mol. The molecule has 1 aromatic rings. The Bertz CT molecular complexity index is 329. The molecule has 0 atom stereocenters. The van der Waals surface area contributed by atoms with Crippen LogP contribution in [-0.4, -0.2) is 19.3 Å². The zero-order valence-corrected chi connectivity index (χ0v) is 10.2. The van der Waals surface area contributed by atoms with Gasteiger partial charge in [0.1, 0.15) is 0 Å². The second-order valence-electron chi connectivity index (χ2n) is 4.77. The molecule has 0 aromatic heterocycles. The van der Waals surface area contributed by atoms with Crippen molar-refractivity contribution in [1.29, 1.82) is 0 Å². The molecule has 1 N–H and O–H groups in total. The van der Waals surface area contributed by atoms with Crippen LogP contribution in [0, 0.1) is 0 Å². The van der Waals surface area contributed by atoms with Gasteiger partial charge in [0.05, 0.1) is 0 Å². The Balaban J connectivity index is 2.07. The topological polar surface area (TPSA) is 21.3 Å². The van der Waals surface area contributed by atoms with Gasteiger partial charge in [0.25, 0.3) is 0 Å². The van der Waals surface area contributed by atoms with E-state index in [-0.39, 0.29) is 0 Å². The summed E-state index contributed by atoms with van der Waals surface area (Å²) in [6.07, 6.45) is 2.23. The lowest BCUT2D eigenvalue weighted by Crippen LogP contribution is -2.28. The van der Waals surface area contributed by atoms with Gasteiger partial charge in [-0.2, -0.15) is 0 Å². The molecule has 0 saturated carbocycles. The van der Waals surface area contributed by atoms with E-state index in [1.807, 2.05) is 0 Å². The smallest absolute Gasteiger partial charge is 0.0485 e. The number of hydrogen-bond acceptors (Lipinski definition) is 2. The number of anilines is 1. The van der Waals surface area contributed by atoms with E-state index in [1.54, 1.807) is 0 Å². The summed E-state index contributed by atoms with van der Waals surface area (Å²) in [5.74, 6) is 0.573. The van der Waals surface area contributed by atoms with Crippen molar-refractivity contribution in [3.63, 3.8) is 0 Å². The first-order valence-electron chi connectivity index (χ1n) is 6.20. The number of ether oxygens (including phenoxy) is 1. The predicted octanol–water partition coefficient (Wildman–Crippen LogP) is 3.40. The second-order valence-corrected chi connectivity index (χ2v) is 4.77. The van der Waals surface area contributed by atoms with Gasteiger partial charge in [-0.25, -0.2) is 0 Å². The van der Waals surface area contributed by atoms with Crippen LogP contribution in [0.4, 0.5) is 5.69 Å². The summed E-state index contributed by atoms with van der Waals surface area (Å²) < 4.78 is 5.38. The molecule has 0 amide bonds. The summed E-state index contributed by atoms with van der Waals surface area (Å²) in [5.41, 5.74) is 2.71. The molecule has 1 aliphatic heterocycles. The van der Waals surface area contributed by atoms with Crippen LogP contribution in [-0.2, 0) is 4.74 Å². The number of benzene rings is 1. The van der Waals surface area contributed by atoms with Crippen LogP contribution >= 0.6 is 0 Å². The van der Waals surface area contributed by atoms with Crippen molar-refractivity contribution in [3.8, 4) is 0 Å². The van der Waals surface area contributed by atoms with Crippen molar-refractivity contribution in [2.75, 3.05) is 18.5 Å². The average molecular weight is 219 g/mol. The fourth-order valence-corrected chi connectivity index (χ4v) is 2.19. The number of nitrogens with one attached hydrogen (secondary N) is 1. The van der Waals surface area contributed by atoms with Gasteiger partial charge >= 0.3 is 0 Å². The van der Waals surface area contributed by atoms with Crippen molar-refractivity contribution in [1.82, 2.24) is 0 Å². The van der Waals surface area contributed by atoms with E-state index in [9.17, 15) is 0 Å². The molecule has 0 spiro atoms. The Kier molecular flexibility index (Phi) is 3.83. The molecule has 0 radical (unpaired) electrons. The monoisotopic (exact) mass is 219 g/mol. The normalized spacial score (nSPS) is 17.7. The summed E-state index contributed by atoms with van der Waals surface area (Å²) >= 11 is 0. The van der Waals surface area contributed by atoms with Crippen molar-refractivity contribution in [2.45, 2.75) is 38.6 Å². The van der Waals surface area contributed by atoms with E-state index in [2.05, 4.69) is 43.4 Å². The highest BCUT2D eigenvalue weighted by Crippen LogP contribution is 2.25. The lowest BCUT2D eigenvalue weighted by Gasteiger charge is -2.26. The van der Waals surface area contributed by atoms with E-state index in [4.69, 9.17) is 4.74 Å². The third kappa shape index (κ3) is 2.76. The zero-order valence-electron chi connectivity index (χ0n) is 10.2. The third-order valence-electron chi connectivity index (χ3n) is 3.16. The number of hydrogen-bond donors (Lipinski definition) is 1. The maximum atomic E-state index is 5.38. The largest absolute Gasteiger partial charge is 0.382 e. The molecule has 1 saturated heterocycles. The fourth-order valence-electron chi connectivity index (χ4n) is 2.19. The minimum Gasteiger partial charge on any atom is -0.382 e. The van der Waals surface area contributed by atoms with Crippen LogP contribution in [0.1, 0.15) is 38.2 Å². The van der Waals surface area contributed by atoms with Gasteiger partial charge in [-0.15, -0.1) is 0 Å². The van der Waals surface area contributed by atoms with Crippen molar-refractivity contribution >= 4 is 5.69 Å². The van der Waals surface area contributed by atoms with Crippen LogP contribution in [0.2, 0.25) is 0 Å². The summed E-state index contributed by atoms with van der Waals surface area (Å²) in [5, 5.41) is 3.65. The molecule has 2 nitrogen and oxygen atoms in total. The second kappa shape index (κ2) is 5.35. The zero-order chi connectivity index (χ0) is 11.4. The van der Waals surface area contributed by atoms with Gasteiger partial charge in [0.2, 0.25) is 0 Å². The molecule has 16 heavy (non-hydrogen) atoms. The van der Waals surface area contributed by atoms with Crippen molar-refractivity contribution in [2.24, 2.45) is 0 Å². The lowest BCUT2D eigenvalue weighted by molar-refractivity contribution is 0.0904. The molecule has 0 bridgehead atoms. The molecule has 88 valence electrons. The Labute approximate surface area is 98.0 Å². The molecule has 1 fully saturated rings. The van der Waals surface area contributed by atoms with E-state index in [1.165, 1.54) is 11.3 Å². The van der Waals surface area contributed by atoms with E-state index < -0.39 is 0 Å². The fraction of sp³-hybridized carbons (Fsp3) is 0.571. The van der Waals surface area contributed by atoms with Crippen LogP contribution in [0.5, 0.6) is 0 Å². The standard InChI is InChI=1S/C14H21NO/c1-11(2)13-5-3-4-6-14(13)15-12-7-9-16-10-8-12/h3-6,11-12,15H,7-10H2,1-2H3. The summed E-state index contributed by atoms with van der Waals surface area (Å²) in [6.45, 7) is 6.26. The Morgan fingerprint density at radius 2 is 1.88 bits per heavy atom. The van der Waals surface area contributed by atoms with Crippen LogP contribution < -0.4 is 5.32 Å². The maximum Gasteiger partial charge on any atom is 0.0485 e. The highest BCUT2D eigenvalue weighted by Gasteiger charge is 2.15. The summed E-state index contributed by atoms with van der Waals surface area (Å²) in [7, 11) is 0. The Morgan fingerprint density at radius 1 is 1.19 bits per heavy atom. The summed E-state index contributed by atoms with van der Waals surface area (Å²) in [6, 6.07) is 9.20. The molecule has 0 aliphatic carbocycles. The van der Waals surface area contributed by atoms with E-state index in [0.717, 1.165) is 26.1 Å². The van der Waals surface area contributed by atoms with Gasteiger partial charge in [-0.3, -0.25) is 0 Å². The molecule has 2 rings (SSSR count). The molecular formula is C14H21NO. The van der Waals surface area contributed by atoms with Crippen LogP contribution in [0.3, 0.4) is 0 Å². The first-order chi connectivity index (χ1) is 7.77. The Hall–Kier alpha value is -1.02. The molecule has 1 aromatic carbocycles. The van der Waals surface area contributed by atoms with Crippen LogP contribution in [0.15, 0.2) is 24.3 Å².